The minimum absolute atomic E-state index is 0. The molecule has 29 heteroatoms. The molecule has 2 aliphatic rings. The van der Waals surface area contributed by atoms with Crippen LogP contribution in [0.5, 0.6) is 0 Å². The molecule has 2 aliphatic carbocycles. The molecule has 0 saturated carbocycles. The van der Waals surface area contributed by atoms with Crippen LogP contribution in [-0.4, -0.2) is 80.8 Å². The van der Waals surface area contributed by atoms with Crippen molar-refractivity contribution in [3.8, 4) is 0 Å². The van der Waals surface area contributed by atoms with E-state index in [0.29, 0.717) is 23.5 Å². The fraction of sp³-hybridized carbons (Fsp3) is 0. The molecule has 7 rings (SSSR count). The number of hydrogen-bond acceptors (Lipinski definition) is 20. The van der Waals surface area contributed by atoms with Gasteiger partial charge in [-0.25, -0.2) is 33.7 Å². The van der Waals surface area contributed by atoms with Gasteiger partial charge in [-0.3, -0.25) is 25.2 Å². The average molecular weight is 1050 g/mol. The van der Waals surface area contributed by atoms with E-state index in [1.54, 1.807) is 48.5 Å². The van der Waals surface area contributed by atoms with Gasteiger partial charge in [0.2, 0.25) is 11.6 Å². The topological polar surface area (TPSA) is 341 Å². The van der Waals surface area contributed by atoms with Gasteiger partial charge in [-0.1, -0.05) is 17.8 Å². The maximum absolute atomic E-state index is 13.0. The molecule has 0 fully saturated rings. The van der Waals surface area contributed by atoms with Crippen LogP contribution in [0.3, 0.4) is 0 Å². The van der Waals surface area contributed by atoms with Crippen molar-refractivity contribution in [2.45, 2.75) is 24.5 Å². The second kappa shape index (κ2) is 23.7. The number of rotatable bonds is 12. The minimum Gasteiger partial charge on any atom is -0.744 e. The third kappa shape index (κ3) is 14.3. The van der Waals surface area contributed by atoms with Gasteiger partial charge in [0.05, 0.1) is 26.1 Å². The number of carbonyl (C=O) groups excluding carboxylic acids is 3. The summed E-state index contributed by atoms with van der Waals surface area (Å²) < 4.78 is 141. The first-order valence-corrected chi connectivity index (χ1v) is 24.0. The number of ketones is 2. The average Bonchev–Trinajstić information content (AvgIpc) is 3.22. The van der Waals surface area contributed by atoms with Gasteiger partial charge in [-0.15, -0.1) is 0 Å². The van der Waals surface area contributed by atoms with Crippen molar-refractivity contribution < 1.29 is 184 Å². The zero-order valence-corrected chi connectivity index (χ0v) is 47.7. The maximum atomic E-state index is 13.0. The van der Waals surface area contributed by atoms with Crippen molar-refractivity contribution in [2.24, 2.45) is 10.2 Å². The number of anilines is 3. The number of hydrogen-bond donors (Lipinski definition) is 3. The number of allylic oxidation sites excluding steroid dienone is 2. The first-order valence-electron chi connectivity index (χ1n) is 17.6. The summed E-state index contributed by atoms with van der Waals surface area (Å²) in [5, 5.41) is 10.7. The zero-order chi connectivity index (χ0) is 46.4. The normalized spacial score (nSPS) is 14.4. The minimum atomic E-state index is -5.31. The van der Waals surface area contributed by atoms with Gasteiger partial charge in [0, 0.05) is 37.7 Å². The standard InChI is InChI=1S/C39H27N5O15S5.4Na/c45-33-16-15-31-32(19-29(62(51,52)53)20-34(31)63(54,55)56)36(33)43-41-24-3-1-21(2-4-24)39(47)40-23-5-9-26(10-6-23)60-27-11-7-25(8-12-27)42-44-37-30-14-13-28(61(48,49)50)17-22(30)18-35(38(37)46)64(57,58)59;;;;/h1-20,41-42H,(H,40,47)(H,48,49,50)(H,51,52,53)(H,54,55,56)(H,57,58,59);;;;/q;4*+1/p-4/b43-36+,44-37-;;;;. The molecule has 1 amide bonds. The Hall–Kier alpha value is -2.68. The van der Waals surface area contributed by atoms with E-state index in [0.717, 1.165) is 46.2 Å². The molecule has 0 heterocycles. The number of hydrazone groups is 2. The first-order chi connectivity index (χ1) is 30.0. The SMILES string of the molecule is O=C1C(S(=O)(=O)[O-])=Cc2cc(S(=O)(=O)[O-])ccc2/C1=N/Nc1ccc(Sc2ccc(NC(=O)c3ccc(N/N=C4/C(=O)C=Cc5c4cc(S(=O)(=O)[O-])cc5S(=O)(=O)[O-])cc3)cc2)cc1.[Na+].[Na+].[Na+].[Na+]. The Morgan fingerprint density at radius 3 is 1.56 bits per heavy atom. The van der Waals surface area contributed by atoms with Crippen LogP contribution in [0.25, 0.3) is 12.2 Å². The van der Waals surface area contributed by atoms with E-state index < -0.39 is 89.0 Å². The van der Waals surface area contributed by atoms with Gasteiger partial charge >= 0.3 is 118 Å². The van der Waals surface area contributed by atoms with E-state index >= 15 is 0 Å². The Bertz CT molecular complexity index is 3430. The molecule has 0 aliphatic heterocycles. The van der Waals surface area contributed by atoms with Crippen LogP contribution in [0.4, 0.5) is 17.1 Å². The molecule has 0 spiro atoms. The molecule has 0 bridgehead atoms. The predicted octanol–water partition coefficient (Wildman–Crippen LogP) is -8.48. The smallest absolute Gasteiger partial charge is 0.744 e. The Morgan fingerprint density at radius 2 is 1.04 bits per heavy atom. The van der Waals surface area contributed by atoms with Crippen molar-refractivity contribution in [1.29, 1.82) is 0 Å². The molecule has 20 nitrogen and oxygen atoms in total. The van der Waals surface area contributed by atoms with E-state index in [1.807, 2.05) is 0 Å². The largest absolute Gasteiger partial charge is 1.00 e. The molecule has 0 aromatic heterocycles. The number of amides is 1. The zero-order valence-electron chi connectivity index (χ0n) is 35.6. The van der Waals surface area contributed by atoms with Crippen molar-refractivity contribution in [2.75, 3.05) is 16.2 Å². The molecular weight excluding hydrogens is 1030 g/mol. The van der Waals surface area contributed by atoms with Gasteiger partial charge < -0.3 is 23.5 Å². The van der Waals surface area contributed by atoms with Crippen LogP contribution in [0.1, 0.15) is 32.6 Å². The Morgan fingerprint density at radius 1 is 0.529 bits per heavy atom. The van der Waals surface area contributed by atoms with E-state index in [-0.39, 0.29) is 152 Å². The van der Waals surface area contributed by atoms with E-state index in [4.69, 9.17) is 0 Å². The summed E-state index contributed by atoms with van der Waals surface area (Å²) in [6, 6.07) is 23.0. The number of Topliss-reactive ketones (excluding diaryl/α,β-unsaturated/α-hetero) is 1. The van der Waals surface area contributed by atoms with E-state index in [9.17, 15) is 66.3 Å². The summed E-state index contributed by atoms with van der Waals surface area (Å²) in [7, 11) is -20.8. The van der Waals surface area contributed by atoms with Crippen LogP contribution < -0.4 is 134 Å². The van der Waals surface area contributed by atoms with Crippen molar-refractivity contribution in [1.82, 2.24) is 0 Å². The number of carbonyl (C=O) groups is 3. The third-order valence-corrected chi connectivity index (χ3v) is 13.4. The number of fused-ring (bicyclic) bond motifs is 2. The number of benzene rings is 5. The van der Waals surface area contributed by atoms with Crippen molar-refractivity contribution >= 4 is 110 Å². The van der Waals surface area contributed by atoms with Gasteiger partial charge in [-0.05, 0) is 121 Å². The van der Waals surface area contributed by atoms with Crippen molar-refractivity contribution in [3.05, 3.63) is 142 Å². The quantitative estimate of drug-likeness (QED) is 0.0593. The monoisotopic (exact) mass is 1050 g/mol. The molecule has 0 atom stereocenters. The fourth-order valence-corrected chi connectivity index (χ4v) is 9.30. The van der Waals surface area contributed by atoms with E-state index in [2.05, 4.69) is 26.4 Å². The van der Waals surface area contributed by atoms with Gasteiger partial charge in [0.25, 0.3) is 5.91 Å². The molecule has 328 valence electrons. The van der Waals surface area contributed by atoms with Crippen molar-refractivity contribution in [3.63, 3.8) is 0 Å². The van der Waals surface area contributed by atoms with E-state index in [1.165, 1.54) is 36.0 Å². The summed E-state index contributed by atoms with van der Waals surface area (Å²) in [6.45, 7) is 0. The maximum Gasteiger partial charge on any atom is 1.00 e. The van der Waals surface area contributed by atoms with Gasteiger partial charge in [0.1, 0.15) is 56.8 Å². The molecule has 5 aromatic carbocycles. The molecule has 5 aromatic rings. The van der Waals surface area contributed by atoms with Crippen LogP contribution in [0.15, 0.2) is 149 Å². The Balaban J connectivity index is 0.00000306. The third-order valence-electron chi connectivity index (χ3n) is 9.07. The Kier molecular flexibility index (Phi) is 20.8. The van der Waals surface area contributed by atoms with Gasteiger partial charge in [0.15, 0.2) is 0 Å². The molecule has 0 saturated heterocycles. The molecular formula is C39H23N5Na4O15S5. The van der Waals surface area contributed by atoms with Crippen LogP contribution in [0.2, 0.25) is 0 Å². The molecule has 0 radical (unpaired) electrons. The second-order valence-corrected chi connectivity index (χ2v) is 19.9. The molecule has 68 heavy (non-hydrogen) atoms. The molecule has 0 unspecified atom stereocenters. The predicted molar refractivity (Wildman–Crippen MR) is 225 cm³/mol. The molecule has 3 N–H and O–H groups in total. The number of nitrogens with zero attached hydrogens (tertiary/aromatic N) is 2. The summed E-state index contributed by atoms with van der Waals surface area (Å²) in [6.07, 6.45) is 2.60. The first kappa shape index (κ1) is 59.6. The summed E-state index contributed by atoms with van der Waals surface area (Å²) >= 11 is 1.34. The second-order valence-electron chi connectivity index (χ2n) is 13.3. The summed E-state index contributed by atoms with van der Waals surface area (Å²) in [4.78, 5) is 36.2. The number of nitrogens with one attached hydrogen (secondary N) is 3. The fourth-order valence-electron chi connectivity index (χ4n) is 6.06. The Labute approximate surface area is 481 Å². The van der Waals surface area contributed by atoms with Gasteiger partial charge in [-0.2, -0.15) is 10.2 Å². The van der Waals surface area contributed by atoms with Crippen LogP contribution in [0, 0.1) is 0 Å². The summed E-state index contributed by atoms with van der Waals surface area (Å²) in [5.74, 6) is -2.53. The van der Waals surface area contributed by atoms with Crippen LogP contribution in [-0.2, 0) is 50.1 Å². The van der Waals surface area contributed by atoms with Crippen LogP contribution >= 0.6 is 11.8 Å². The summed E-state index contributed by atoms with van der Waals surface area (Å²) in [5.41, 5.74) is 4.48.